The minimum absolute atomic E-state index is 0.00507. The summed E-state index contributed by atoms with van der Waals surface area (Å²) in [7, 11) is 1.62. The minimum Gasteiger partial charge on any atom is -0.383 e. The van der Waals surface area contributed by atoms with Crippen LogP contribution >= 0.6 is 27.3 Å². The number of amides is 1. The molecule has 1 heterocycles. The largest absolute Gasteiger partial charge is 0.383 e. The maximum absolute atomic E-state index is 11.8. The molecule has 0 saturated heterocycles. The van der Waals surface area contributed by atoms with Crippen LogP contribution in [0.1, 0.15) is 24.8 Å². The van der Waals surface area contributed by atoms with Crippen molar-refractivity contribution < 1.29 is 9.53 Å². The number of rotatable bonds is 7. The van der Waals surface area contributed by atoms with Crippen molar-refractivity contribution in [3.8, 4) is 0 Å². The lowest BCUT2D eigenvalue weighted by Gasteiger charge is -2.18. The van der Waals surface area contributed by atoms with Crippen molar-refractivity contribution in [1.29, 1.82) is 0 Å². The maximum Gasteiger partial charge on any atom is 0.236 e. The Morgan fingerprint density at radius 2 is 2.22 bits per heavy atom. The molecule has 6 heteroatoms. The molecule has 0 aliphatic carbocycles. The average Bonchev–Trinajstić information content (AvgIpc) is 2.76. The van der Waals surface area contributed by atoms with Crippen molar-refractivity contribution >= 4 is 33.2 Å². The fourth-order valence-electron chi connectivity index (χ4n) is 1.52. The Morgan fingerprint density at radius 3 is 2.78 bits per heavy atom. The lowest BCUT2D eigenvalue weighted by Crippen LogP contribution is -2.43. The summed E-state index contributed by atoms with van der Waals surface area (Å²) in [6.45, 7) is 4.99. The van der Waals surface area contributed by atoms with E-state index in [1.54, 1.807) is 18.4 Å². The molecule has 0 bridgehead atoms. The van der Waals surface area contributed by atoms with E-state index in [9.17, 15) is 4.79 Å². The average molecular weight is 335 g/mol. The fourth-order valence-corrected chi connectivity index (χ4v) is 2.96. The quantitative estimate of drug-likeness (QED) is 0.752. The third kappa shape index (κ3) is 5.06. The molecule has 1 aromatic rings. The first kappa shape index (κ1) is 15.6. The zero-order valence-corrected chi connectivity index (χ0v) is 13.2. The minimum atomic E-state index is -0.224. The van der Waals surface area contributed by atoms with Crippen molar-refractivity contribution in [3.63, 3.8) is 0 Å². The number of carbonyl (C=O) groups is 1. The van der Waals surface area contributed by atoms with Crippen LogP contribution < -0.4 is 10.6 Å². The van der Waals surface area contributed by atoms with E-state index in [0.717, 1.165) is 3.79 Å². The van der Waals surface area contributed by atoms with Crippen LogP contribution in [0.25, 0.3) is 0 Å². The molecule has 1 aromatic heterocycles. The van der Waals surface area contributed by atoms with Crippen LogP contribution in [0, 0.1) is 0 Å². The Bertz CT molecular complexity index is 384. The second kappa shape index (κ2) is 7.89. The van der Waals surface area contributed by atoms with Gasteiger partial charge in [-0.25, -0.2) is 0 Å². The van der Waals surface area contributed by atoms with Gasteiger partial charge in [0.05, 0.1) is 16.4 Å². The van der Waals surface area contributed by atoms with E-state index < -0.39 is 0 Å². The Hall–Kier alpha value is -0.430. The summed E-state index contributed by atoms with van der Waals surface area (Å²) in [6, 6.07) is 4.01. The maximum atomic E-state index is 11.8. The van der Waals surface area contributed by atoms with Crippen LogP contribution in [0.5, 0.6) is 0 Å². The number of thiophene rings is 1. The van der Waals surface area contributed by atoms with Crippen molar-refractivity contribution in [1.82, 2.24) is 10.6 Å². The summed E-state index contributed by atoms with van der Waals surface area (Å²) >= 11 is 5.11. The first-order valence-electron chi connectivity index (χ1n) is 5.82. The predicted molar refractivity (Wildman–Crippen MR) is 77.9 cm³/mol. The Balaban J connectivity index is 2.39. The van der Waals surface area contributed by atoms with Gasteiger partial charge in [-0.1, -0.05) is 0 Å². The predicted octanol–water partition coefficient (Wildman–Crippen LogP) is 2.31. The van der Waals surface area contributed by atoms with Crippen LogP contribution in [0.2, 0.25) is 0 Å². The first-order valence-corrected chi connectivity index (χ1v) is 7.43. The summed E-state index contributed by atoms with van der Waals surface area (Å²) in [5.74, 6) is -0.00507. The fraction of sp³-hybridized carbons (Fsp3) is 0.583. The van der Waals surface area contributed by atoms with Crippen molar-refractivity contribution in [2.75, 3.05) is 20.3 Å². The molecule has 0 spiro atoms. The molecule has 2 atom stereocenters. The van der Waals surface area contributed by atoms with E-state index in [0.29, 0.717) is 13.2 Å². The Labute approximate surface area is 120 Å². The van der Waals surface area contributed by atoms with Crippen molar-refractivity contribution in [2.24, 2.45) is 0 Å². The number of ether oxygens (including phenoxy) is 1. The van der Waals surface area contributed by atoms with Gasteiger partial charge in [-0.15, -0.1) is 11.3 Å². The lowest BCUT2D eigenvalue weighted by atomic mass is 10.2. The molecule has 2 N–H and O–H groups in total. The van der Waals surface area contributed by atoms with Gasteiger partial charge in [0, 0.05) is 24.6 Å². The van der Waals surface area contributed by atoms with Crippen LogP contribution in [-0.2, 0) is 9.53 Å². The number of carbonyl (C=O) groups excluding carboxylic acids is 1. The zero-order valence-electron chi connectivity index (χ0n) is 10.8. The summed E-state index contributed by atoms with van der Waals surface area (Å²) in [6.07, 6.45) is 0. The zero-order chi connectivity index (χ0) is 13.5. The standard InChI is InChI=1S/C12H19BrN2O2S/c1-8(10-4-5-11(13)18-10)15-9(2)12(16)14-6-7-17-3/h4-5,8-9,15H,6-7H2,1-3H3,(H,14,16). The Morgan fingerprint density at radius 1 is 1.50 bits per heavy atom. The van der Waals surface area contributed by atoms with E-state index in [1.165, 1.54) is 4.88 Å². The molecule has 2 unspecified atom stereocenters. The monoisotopic (exact) mass is 334 g/mol. The molecule has 1 amide bonds. The van der Waals surface area contributed by atoms with E-state index in [4.69, 9.17) is 4.74 Å². The highest BCUT2D eigenvalue weighted by Gasteiger charge is 2.16. The van der Waals surface area contributed by atoms with Gasteiger partial charge in [-0.05, 0) is 41.9 Å². The Kier molecular flexibility index (Phi) is 6.85. The smallest absolute Gasteiger partial charge is 0.236 e. The summed E-state index contributed by atoms with van der Waals surface area (Å²) in [5, 5.41) is 6.09. The third-order valence-corrected chi connectivity index (χ3v) is 4.33. The second-order valence-electron chi connectivity index (χ2n) is 4.04. The first-order chi connectivity index (χ1) is 8.54. The molecule has 18 heavy (non-hydrogen) atoms. The topological polar surface area (TPSA) is 50.4 Å². The molecule has 0 aliphatic rings. The molecule has 102 valence electrons. The van der Waals surface area contributed by atoms with Gasteiger partial charge in [0.15, 0.2) is 0 Å². The summed E-state index contributed by atoms with van der Waals surface area (Å²) in [4.78, 5) is 13.0. The molecule has 4 nitrogen and oxygen atoms in total. The van der Waals surface area contributed by atoms with Gasteiger partial charge in [0.2, 0.25) is 5.91 Å². The van der Waals surface area contributed by atoms with E-state index in [2.05, 4.69) is 39.6 Å². The van der Waals surface area contributed by atoms with Crippen molar-refractivity contribution in [3.05, 3.63) is 20.8 Å². The van der Waals surface area contributed by atoms with Gasteiger partial charge in [-0.3, -0.25) is 10.1 Å². The van der Waals surface area contributed by atoms with Gasteiger partial charge < -0.3 is 10.1 Å². The number of halogens is 1. The SMILES string of the molecule is COCCNC(=O)C(C)NC(C)c1ccc(Br)s1. The number of methoxy groups -OCH3 is 1. The van der Waals surface area contributed by atoms with E-state index in [-0.39, 0.29) is 18.0 Å². The van der Waals surface area contributed by atoms with Gasteiger partial charge >= 0.3 is 0 Å². The molecule has 0 radical (unpaired) electrons. The van der Waals surface area contributed by atoms with E-state index in [1.807, 2.05) is 13.0 Å². The number of hydrogen-bond donors (Lipinski definition) is 2. The molecule has 0 aliphatic heterocycles. The van der Waals surface area contributed by atoms with Gasteiger partial charge in [-0.2, -0.15) is 0 Å². The second-order valence-corrected chi connectivity index (χ2v) is 6.53. The molecular formula is C12H19BrN2O2S. The van der Waals surface area contributed by atoms with Crippen LogP contribution in [0.4, 0.5) is 0 Å². The van der Waals surface area contributed by atoms with Crippen molar-refractivity contribution in [2.45, 2.75) is 25.9 Å². The third-order valence-electron chi connectivity index (χ3n) is 2.52. The highest BCUT2D eigenvalue weighted by atomic mass is 79.9. The normalized spacial score (nSPS) is 14.2. The van der Waals surface area contributed by atoms with Gasteiger partial charge in [0.1, 0.15) is 0 Å². The molecule has 0 aromatic carbocycles. The van der Waals surface area contributed by atoms with Gasteiger partial charge in [0.25, 0.3) is 0 Å². The summed E-state index contributed by atoms with van der Waals surface area (Å²) in [5.41, 5.74) is 0. The number of nitrogens with one attached hydrogen (secondary N) is 2. The van der Waals surface area contributed by atoms with Crippen LogP contribution in [0.3, 0.4) is 0 Å². The van der Waals surface area contributed by atoms with Crippen LogP contribution in [0.15, 0.2) is 15.9 Å². The molecule has 0 saturated carbocycles. The van der Waals surface area contributed by atoms with Crippen LogP contribution in [-0.4, -0.2) is 32.2 Å². The van der Waals surface area contributed by atoms with E-state index >= 15 is 0 Å². The molecule has 1 rings (SSSR count). The summed E-state index contributed by atoms with van der Waals surface area (Å²) < 4.78 is 5.99. The number of hydrogen-bond acceptors (Lipinski definition) is 4. The lowest BCUT2D eigenvalue weighted by molar-refractivity contribution is -0.123. The molecular weight excluding hydrogens is 316 g/mol. The highest BCUT2D eigenvalue weighted by Crippen LogP contribution is 2.27. The highest BCUT2D eigenvalue weighted by molar-refractivity contribution is 9.11. The molecule has 0 fully saturated rings.